The van der Waals surface area contributed by atoms with Gasteiger partial charge in [-0.2, -0.15) is 0 Å². The Hall–Kier alpha value is -4.27. The van der Waals surface area contributed by atoms with Crippen LogP contribution in [-0.4, -0.2) is 28.6 Å². The number of fused-ring (bicyclic) bond motifs is 1. The van der Waals surface area contributed by atoms with Crippen molar-refractivity contribution in [2.45, 2.75) is 12.3 Å². The van der Waals surface area contributed by atoms with Gasteiger partial charge in [-0.3, -0.25) is 14.9 Å². The molecule has 0 radical (unpaired) electrons. The minimum atomic E-state index is -0.768. The van der Waals surface area contributed by atoms with Crippen molar-refractivity contribution < 1.29 is 18.4 Å². The van der Waals surface area contributed by atoms with Crippen LogP contribution < -0.4 is 15.8 Å². The van der Waals surface area contributed by atoms with Gasteiger partial charge < -0.3 is 13.7 Å². The first kappa shape index (κ1) is 18.7. The number of carbonyl (C=O) groups is 2. The summed E-state index contributed by atoms with van der Waals surface area (Å²) in [5.74, 6) is -0.818. The lowest BCUT2D eigenvalue weighted by atomic mass is 10.1. The van der Waals surface area contributed by atoms with E-state index in [1.807, 2.05) is 30.3 Å². The van der Waals surface area contributed by atoms with Crippen LogP contribution >= 0.6 is 0 Å². The molecule has 154 valence electrons. The number of benzene rings is 2. The molecule has 31 heavy (non-hydrogen) atoms. The fourth-order valence-corrected chi connectivity index (χ4v) is 3.57. The van der Waals surface area contributed by atoms with Gasteiger partial charge in [-0.15, -0.1) is 5.10 Å². The highest BCUT2D eigenvalue weighted by atomic mass is 16.4. The lowest BCUT2D eigenvalue weighted by Gasteiger charge is -2.15. The number of hydrogen-bond donors (Lipinski definition) is 1. The minimum absolute atomic E-state index is 0.0474. The standard InChI is InChI=1S/C22H16N4O5/c27-18-11-14(12-26(18)15-7-2-1-3-8-15)20-24-25-22(31-20)23-19(28)16-10-13-6-4-5-9-17(13)30-21(16)29/h1-10,14H,11-12H2,(H,23,25,28). The van der Waals surface area contributed by atoms with Crippen LogP contribution in [0.15, 0.2) is 74.3 Å². The van der Waals surface area contributed by atoms with Gasteiger partial charge in [0.15, 0.2) is 0 Å². The van der Waals surface area contributed by atoms with Gasteiger partial charge in [0.25, 0.3) is 5.91 Å². The molecule has 9 heteroatoms. The fraction of sp³-hybridized carbons (Fsp3) is 0.136. The number of carbonyl (C=O) groups excluding carboxylic acids is 2. The summed E-state index contributed by atoms with van der Waals surface area (Å²) in [5.41, 5.74) is 0.240. The molecule has 3 heterocycles. The molecule has 1 aliphatic heterocycles. The predicted octanol–water partition coefficient (Wildman–Crippen LogP) is 2.95. The molecule has 1 N–H and O–H groups in total. The van der Waals surface area contributed by atoms with Crippen molar-refractivity contribution in [1.29, 1.82) is 0 Å². The van der Waals surface area contributed by atoms with Crippen LogP contribution in [0.3, 0.4) is 0 Å². The molecule has 0 bridgehead atoms. The number of anilines is 2. The minimum Gasteiger partial charge on any atom is -0.422 e. The van der Waals surface area contributed by atoms with E-state index >= 15 is 0 Å². The Morgan fingerprint density at radius 1 is 1.00 bits per heavy atom. The second kappa shape index (κ2) is 7.52. The lowest BCUT2D eigenvalue weighted by molar-refractivity contribution is -0.117. The first-order chi connectivity index (χ1) is 15.1. The smallest absolute Gasteiger partial charge is 0.349 e. The number of hydrogen-bond acceptors (Lipinski definition) is 7. The molecule has 0 aliphatic carbocycles. The van der Waals surface area contributed by atoms with E-state index in [4.69, 9.17) is 8.83 Å². The number of nitrogens with one attached hydrogen (secondary N) is 1. The van der Waals surface area contributed by atoms with Crippen LogP contribution in [0, 0.1) is 0 Å². The quantitative estimate of drug-likeness (QED) is 0.508. The van der Waals surface area contributed by atoms with Gasteiger partial charge in [0.05, 0.1) is 5.92 Å². The van der Waals surface area contributed by atoms with Crippen LogP contribution in [0.25, 0.3) is 11.0 Å². The lowest BCUT2D eigenvalue weighted by Crippen LogP contribution is -2.24. The maximum Gasteiger partial charge on any atom is 0.349 e. The third-order valence-electron chi connectivity index (χ3n) is 5.09. The van der Waals surface area contributed by atoms with E-state index in [1.54, 1.807) is 29.2 Å². The zero-order chi connectivity index (χ0) is 21.4. The summed E-state index contributed by atoms with van der Waals surface area (Å²) in [6, 6.07) is 17.5. The van der Waals surface area contributed by atoms with Gasteiger partial charge >= 0.3 is 11.6 Å². The average molecular weight is 416 g/mol. The molecule has 9 nitrogen and oxygen atoms in total. The van der Waals surface area contributed by atoms with Gasteiger partial charge in [0.2, 0.25) is 11.8 Å². The van der Waals surface area contributed by atoms with E-state index in [0.29, 0.717) is 17.5 Å². The average Bonchev–Trinajstić information content (AvgIpc) is 3.40. The molecule has 2 aromatic carbocycles. The largest absolute Gasteiger partial charge is 0.422 e. The van der Waals surface area contributed by atoms with E-state index in [0.717, 1.165) is 5.69 Å². The SMILES string of the molecule is O=C(Nc1nnc(C2CC(=O)N(c3ccccc3)C2)o1)c1cc2ccccc2oc1=O. The number of nitrogens with zero attached hydrogens (tertiary/aromatic N) is 3. The highest BCUT2D eigenvalue weighted by Gasteiger charge is 2.35. The number of aromatic nitrogens is 2. The molecule has 2 aromatic heterocycles. The Labute approximate surface area is 175 Å². The monoisotopic (exact) mass is 416 g/mol. The molecule has 1 saturated heterocycles. The van der Waals surface area contributed by atoms with Crippen LogP contribution in [0.1, 0.15) is 28.6 Å². The van der Waals surface area contributed by atoms with Crippen LogP contribution in [-0.2, 0) is 4.79 Å². The zero-order valence-electron chi connectivity index (χ0n) is 16.1. The van der Waals surface area contributed by atoms with Crippen molar-refractivity contribution in [3.8, 4) is 0 Å². The van der Waals surface area contributed by atoms with E-state index in [1.165, 1.54) is 6.07 Å². The van der Waals surface area contributed by atoms with E-state index < -0.39 is 11.5 Å². The molecule has 1 aliphatic rings. The Kier molecular flexibility index (Phi) is 4.55. The zero-order valence-corrected chi connectivity index (χ0v) is 16.1. The number of rotatable bonds is 4. The van der Waals surface area contributed by atoms with Crippen molar-refractivity contribution in [3.63, 3.8) is 0 Å². The van der Waals surface area contributed by atoms with Crippen LogP contribution in [0.2, 0.25) is 0 Å². The van der Waals surface area contributed by atoms with Gasteiger partial charge in [-0.05, 0) is 24.3 Å². The second-order valence-corrected chi connectivity index (χ2v) is 7.13. The van der Waals surface area contributed by atoms with E-state index in [-0.39, 0.29) is 35.7 Å². The Bertz CT molecular complexity index is 1340. The third-order valence-corrected chi connectivity index (χ3v) is 5.09. The Morgan fingerprint density at radius 2 is 1.77 bits per heavy atom. The molecule has 0 saturated carbocycles. The summed E-state index contributed by atoms with van der Waals surface area (Å²) >= 11 is 0. The maximum absolute atomic E-state index is 12.5. The van der Waals surface area contributed by atoms with E-state index in [9.17, 15) is 14.4 Å². The summed E-state index contributed by atoms with van der Waals surface area (Å²) in [7, 11) is 0. The Morgan fingerprint density at radius 3 is 2.61 bits per heavy atom. The van der Waals surface area contributed by atoms with E-state index in [2.05, 4.69) is 15.5 Å². The maximum atomic E-state index is 12.5. The van der Waals surface area contributed by atoms with Crippen LogP contribution in [0.5, 0.6) is 0 Å². The van der Waals surface area contributed by atoms with Crippen molar-refractivity contribution in [1.82, 2.24) is 10.2 Å². The molecule has 1 unspecified atom stereocenters. The summed E-state index contributed by atoms with van der Waals surface area (Å²) in [5, 5.41) is 10.8. The number of para-hydroxylation sites is 2. The summed E-state index contributed by atoms with van der Waals surface area (Å²) in [4.78, 5) is 38.7. The van der Waals surface area contributed by atoms with Gasteiger partial charge in [0, 0.05) is 24.0 Å². The topological polar surface area (TPSA) is 119 Å². The number of amides is 2. The first-order valence-corrected chi connectivity index (χ1v) is 9.61. The molecule has 2 amide bonds. The predicted molar refractivity (Wildman–Crippen MR) is 111 cm³/mol. The fourth-order valence-electron chi connectivity index (χ4n) is 3.57. The molecular formula is C22H16N4O5. The van der Waals surface area contributed by atoms with Gasteiger partial charge in [0.1, 0.15) is 11.1 Å². The summed E-state index contributed by atoms with van der Waals surface area (Å²) in [6.07, 6.45) is 0.221. The molecule has 0 spiro atoms. The van der Waals surface area contributed by atoms with Crippen molar-refractivity contribution in [2.24, 2.45) is 0 Å². The highest BCUT2D eigenvalue weighted by molar-refractivity contribution is 6.04. The normalized spacial score (nSPS) is 16.1. The molecule has 1 atom stereocenters. The molecule has 1 fully saturated rings. The van der Waals surface area contributed by atoms with Crippen molar-refractivity contribution in [3.05, 3.63) is 82.5 Å². The second-order valence-electron chi connectivity index (χ2n) is 7.13. The highest BCUT2D eigenvalue weighted by Crippen LogP contribution is 2.31. The Balaban J connectivity index is 1.32. The molecule has 5 rings (SSSR count). The molecule has 4 aromatic rings. The first-order valence-electron chi connectivity index (χ1n) is 9.61. The van der Waals surface area contributed by atoms with Crippen LogP contribution in [0.4, 0.5) is 11.7 Å². The summed E-state index contributed by atoms with van der Waals surface area (Å²) in [6.45, 7) is 0.396. The van der Waals surface area contributed by atoms with Gasteiger partial charge in [-0.25, -0.2) is 4.79 Å². The molecular weight excluding hydrogens is 400 g/mol. The van der Waals surface area contributed by atoms with Gasteiger partial charge in [-0.1, -0.05) is 41.5 Å². The van der Waals surface area contributed by atoms with Crippen molar-refractivity contribution in [2.75, 3.05) is 16.8 Å². The van der Waals surface area contributed by atoms with Crippen molar-refractivity contribution >= 4 is 34.5 Å². The summed E-state index contributed by atoms with van der Waals surface area (Å²) < 4.78 is 10.7. The third kappa shape index (κ3) is 3.57.